The number of piperidine rings is 1. The first kappa shape index (κ1) is 25.2. The molecule has 0 spiro atoms. The predicted octanol–water partition coefficient (Wildman–Crippen LogP) is 2.32. The number of aromatic amines is 1. The largest absolute Gasteiger partial charge is 0.423 e. The van der Waals surface area contributed by atoms with Gasteiger partial charge in [-0.15, -0.1) is 0 Å². The van der Waals surface area contributed by atoms with Crippen LogP contribution in [-0.4, -0.2) is 75.4 Å². The lowest BCUT2D eigenvalue weighted by Crippen LogP contribution is -2.47. The summed E-state index contributed by atoms with van der Waals surface area (Å²) in [4.78, 5) is 36.8. The van der Waals surface area contributed by atoms with Gasteiger partial charge in [-0.25, -0.2) is 15.1 Å². The van der Waals surface area contributed by atoms with E-state index in [0.29, 0.717) is 18.1 Å². The van der Waals surface area contributed by atoms with Gasteiger partial charge in [-0.3, -0.25) is 9.59 Å². The summed E-state index contributed by atoms with van der Waals surface area (Å²) in [5.74, 6) is 0.628. The molecule has 35 heavy (non-hydrogen) atoms. The number of carbonyl (C=O) groups is 1. The van der Waals surface area contributed by atoms with E-state index in [2.05, 4.69) is 25.3 Å². The first-order valence-electron chi connectivity index (χ1n) is 11.2. The van der Waals surface area contributed by atoms with Crippen LogP contribution in [0, 0.1) is 0 Å². The summed E-state index contributed by atoms with van der Waals surface area (Å²) < 4.78 is 45.4. The van der Waals surface area contributed by atoms with Gasteiger partial charge in [0.2, 0.25) is 0 Å². The lowest BCUT2D eigenvalue weighted by Gasteiger charge is -2.37. The summed E-state index contributed by atoms with van der Waals surface area (Å²) in [5, 5.41) is 8.17. The van der Waals surface area contributed by atoms with Crippen LogP contribution in [0.2, 0.25) is 5.15 Å². The SMILES string of the molecule is CC(COC1CCN(C2CCN(c3cnc(Cl)cn3)CC2)C1=O)Nc1cn[nH]c(=O)c1C(F)(F)F. The molecule has 190 valence electrons. The van der Waals surface area contributed by atoms with Gasteiger partial charge in [-0.1, -0.05) is 11.6 Å². The summed E-state index contributed by atoms with van der Waals surface area (Å²) in [6, 6.07) is -0.509. The molecule has 10 nitrogen and oxygen atoms in total. The molecule has 2 aliphatic rings. The smallest absolute Gasteiger partial charge is 0.378 e. The number of amides is 1. The van der Waals surface area contributed by atoms with E-state index in [1.54, 1.807) is 18.2 Å². The number of nitrogens with zero attached hydrogens (tertiary/aromatic N) is 5. The molecular weight excluding hydrogens is 491 g/mol. The second-order valence-corrected chi connectivity index (χ2v) is 8.98. The number of rotatable bonds is 7. The fourth-order valence-corrected chi connectivity index (χ4v) is 4.52. The van der Waals surface area contributed by atoms with E-state index >= 15 is 0 Å². The second-order valence-electron chi connectivity index (χ2n) is 8.59. The summed E-state index contributed by atoms with van der Waals surface area (Å²) in [5.41, 5.74) is -3.11. The molecular formula is C21H25ClF3N7O3. The molecule has 2 N–H and O–H groups in total. The molecule has 1 amide bonds. The molecule has 2 unspecified atom stereocenters. The lowest BCUT2D eigenvalue weighted by molar-refractivity contribution is -0.139. The minimum atomic E-state index is -4.84. The Morgan fingerprint density at radius 3 is 2.57 bits per heavy atom. The van der Waals surface area contributed by atoms with Crippen molar-refractivity contribution in [3.05, 3.63) is 39.7 Å². The Morgan fingerprint density at radius 2 is 1.91 bits per heavy atom. The van der Waals surface area contributed by atoms with Gasteiger partial charge < -0.3 is 19.9 Å². The van der Waals surface area contributed by atoms with Gasteiger partial charge in [0.1, 0.15) is 22.6 Å². The monoisotopic (exact) mass is 515 g/mol. The number of halogens is 4. The number of aromatic nitrogens is 4. The van der Waals surface area contributed by atoms with Crippen LogP contribution in [0.4, 0.5) is 24.7 Å². The molecule has 0 aliphatic carbocycles. The van der Waals surface area contributed by atoms with Crippen LogP contribution in [0.5, 0.6) is 0 Å². The maximum Gasteiger partial charge on any atom is 0.423 e. The highest BCUT2D eigenvalue weighted by molar-refractivity contribution is 6.29. The molecule has 4 heterocycles. The number of H-pyrrole nitrogens is 1. The first-order valence-corrected chi connectivity index (χ1v) is 11.6. The molecule has 14 heteroatoms. The predicted molar refractivity (Wildman–Crippen MR) is 121 cm³/mol. The normalized spacial score (nSPS) is 20.4. The zero-order valence-corrected chi connectivity index (χ0v) is 19.6. The molecule has 2 aromatic rings. The molecule has 2 atom stereocenters. The number of ether oxygens (including phenoxy) is 1. The van der Waals surface area contributed by atoms with Crippen molar-refractivity contribution in [1.82, 2.24) is 25.1 Å². The third kappa shape index (κ3) is 5.84. The van der Waals surface area contributed by atoms with Gasteiger partial charge in [0.25, 0.3) is 11.5 Å². The van der Waals surface area contributed by atoms with Crippen LogP contribution in [-0.2, 0) is 15.7 Å². The topological polar surface area (TPSA) is 116 Å². The standard InChI is InChI=1S/C21H25ClF3N7O3/c1-12(29-14-8-28-30-19(33)18(14)21(23,24)25)11-35-15-4-7-32(20(15)34)13-2-5-31(6-3-13)17-10-26-16(22)9-27-17/h8-10,12-13,15H,2-7,11H2,1H3,(H2,29,30,33). The number of hydrogen-bond donors (Lipinski definition) is 2. The van der Waals surface area contributed by atoms with Gasteiger partial charge in [0, 0.05) is 38.1 Å². The number of nitrogens with one attached hydrogen (secondary N) is 2. The average Bonchev–Trinajstić information content (AvgIpc) is 3.18. The number of alkyl halides is 3. The maximum absolute atomic E-state index is 13.2. The fourth-order valence-electron chi connectivity index (χ4n) is 4.42. The quantitative estimate of drug-likeness (QED) is 0.577. The van der Waals surface area contributed by atoms with Crippen LogP contribution in [0.15, 0.2) is 23.4 Å². The van der Waals surface area contributed by atoms with Crippen molar-refractivity contribution in [2.24, 2.45) is 0 Å². The highest BCUT2D eigenvalue weighted by atomic mass is 35.5. The van der Waals surface area contributed by atoms with Crippen molar-refractivity contribution < 1.29 is 22.7 Å². The van der Waals surface area contributed by atoms with Gasteiger partial charge in [0.15, 0.2) is 0 Å². The van der Waals surface area contributed by atoms with Crippen molar-refractivity contribution >= 4 is 29.0 Å². The van der Waals surface area contributed by atoms with E-state index in [1.165, 1.54) is 6.20 Å². The Labute approximate surface area is 203 Å². The molecule has 2 fully saturated rings. The van der Waals surface area contributed by atoms with Gasteiger partial charge in [0.05, 0.1) is 30.9 Å². The van der Waals surface area contributed by atoms with Crippen LogP contribution in [0.25, 0.3) is 0 Å². The Morgan fingerprint density at radius 1 is 1.17 bits per heavy atom. The Bertz CT molecular complexity index is 1090. The highest BCUT2D eigenvalue weighted by Crippen LogP contribution is 2.32. The summed E-state index contributed by atoms with van der Waals surface area (Å²) >= 11 is 5.79. The van der Waals surface area contributed by atoms with E-state index in [4.69, 9.17) is 16.3 Å². The molecule has 0 bridgehead atoms. The van der Waals surface area contributed by atoms with E-state index in [1.807, 2.05) is 4.90 Å². The third-order valence-corrected chi connectivity index (χ3v) is 6.31. The Kier molecular flexibility index (Phi) is 7.45. The van der Waals surface area contributed by atoms with Crippen molar-refractivity contribution in [3.63, 3.8) is 0 Å². The summed E-state index contributed by atoms with van der Waals surface area (Å²) in [6.45, 7) is 3.61. The number of carbonyl (C=O) groups excluding carboxylic acids is 1. The minimum absolute atomic E-state index is 0.0119. The van der Waals surface area contributed by atoms with E-state index < -0.39 is 35.1 Å². The average molecular weight is 516 g/mol. The summed E-state index contributed by atoms with van der Waals surface area (Å²) in [6.07, 6.45) is 0.603. The second kappa shape index (κ2) is 10.4. The zero-order chi connectivity index (χ0) is 25.2. The maximum atomic E-state index is 13.2. The van der Waals surface area contributed by atoms with Crippen LogP contribution < -0.4 is 15.8 Å². The Hall–Kier alpha value is -2.93. The zero-order valence-electron chi connectivity index (χ0n) is 18.9. The molecule has 0 saturated carbocycles. The third-order valence-electron chi connectivity index (χ3n) is 6.12. The Balaban J connectivity index is 1.27. The van der Waals surface area contributed by atoms with Crippen molar-refractivity contribution in [3.8, 4) is 0 Å². The molecule has 2 saturated heterocycles. The van der Waals surface area contributed by atoms with Crippen molar-refractivity contribution in [2.75, 3.05) is 36.5 Å². The lowest BCUT2D eigenvalue weighted by atomic mass is 10.0. The molecule has 2 aromatic heterocycles. The summed E-state index contributed by atoms with van der Waals surface area (Å²) in [7, 11) is 0. The minimum Gasteiger partial charge on any atom is -0.378 e. The molecule has 4 rings (SSSR count). The van der Waals surface area contributed by atoms with Crippen LogP contribution in [0.1, 0.15) is 31.7 Å². The molecule has 0 aromatic carbocycles. The van der Waals surface area contributed by atoms with Gasteiger partial charge in [-0.2, -0.15) is 18.3 Å². The van der Waals surface area contributed by atoms with E-state index in [9.17, 15) is 22.8 Å². The van der Waals surface area contributed by atoms with Crippen LogP contribution >= 0.6 is 11.6 Å². The first-order chi connectivity index (χ1) is 16.6. The van der Waals surface area contributed by atoms with Crippen molar-refractivity contribution in [1.29, 1.82) is 0 Å². The molecule has 2 aliphatic heterocycles. The van der Waals surface area contributed by atoms with E-state index in [-0.39, 0.29) is 18.6 Å². The van der Waals surface area contributed by atoms with E-state index in [0.717, 1.165) is 37.9 Å². The van der Waals surface area contributed by atoms with Gasteiger partial charge >= 0.3 is 6.18 Å². The van der Waals surface area contributed by atoms with Crippen LogP contribution in [0.3, 0.4) is 0 Å². The number of anilines is 2. The van der Waals surface area contributed by atoms with Crippen molar-refractivity contribution in [2.45, 2.75) is 50.6 Å². The fraction of sp³-hybridized carbons (Fsp3) is 0.571. The number of likely N-dealkylation sites (tertiary alicyclic amines) is 1. The van der Waals surface area contributed by atoms with Gasteiger partial charge in [-0.05, 0) is 19.8 Å². The highest BCUT2D eigenvalue weighted by Gasteiger charge is 2.39. The number of hydrogen-bond acceptors (Lipinski definition) is 8. The molecule has 0 radical (unpaired) electrons.